The fourth-order valence-corrected chi connectivity index (χ4v) is 4.73. The number of likely N-dealkylation sites (tertiary alicyclic amines) is 1. The number of nitrogens with zero attached hydrogens (tertiary/aromatic N) is 2. The second-order valence-electron chi connectivity index (χ2n) is 7.93. The number of hydrogen-bond donors (Lipinski definition) is 2. The lowest BCUT2D eigenvalue weighted by molar-refractivity contribution is -0.125. The van der Waals surface area contributed by atoms with E-state index in [2.05, 4.69) is 9.27 Å². The topological polar surface area (TPSA) is 106 Å². The van der Waals surface area contributed by atoms with E-state index < -0.39 is 11.6 Å². The molecule has 162 valence electrons. The second kappa shape index (κ2) is 9.11. The van der Waals surface area contributed by atoms with Crippen molar-refractivity contribution in [1.82, 2.24) is 9.27 Å². The average Bonchev–Trinajstić information content (AvgIpc) is 3.34. The van der Waals surface area contributed by atoms with E-state index >= 15 is 0 Å². The van der Waals surface area contributed by atoms with E-state index in [1.165, 1.54) is 11.5 Å². The van der Waals surface area contributed by atoms with Gasteiger partial charge in [-0.1, -0.05) is 6.07 Å². The monoisotopic (exact) mass is 451 g/mol. The van der Waals surface area contributed by atoms with Crippen LogP contribution in [0.5, 0.6) is 0 Å². The summed E-state index contributed by atoms with van der Waals surface area (Å²) in [6, 6.07) is 5.39. The van der Waals surface area contributed by atoms with Crippen molar-refractivity contribution < 1.29 is 19.4 Å². The highest BCUT2D eigenvalue weighted by Crippen LogP contribution is 2.30. The molecule has 30 heavy (non-hydrogen) atoms. The highest BCUT2D eigenvalue weighted by molar-refractivity contribution is 7.05. The van der Waals surface area contributed by atoms with Gasteiger partial charge in [0.05, 0.1) is 17.2 Å². The molecular formula is C21H26ClN3O4S. The minimum absolute atomic E-state index is 0. The summed E-state index contributed by atoms with van der Waals surface area (Å²) in [7, 11) is 0. The fraction of sp³-hybridized carbons (Fsp3) is 0.476. The molecule has 2 aliphatic heterocycles. The van der Waals surface area contributed by atoms with Gasteiger partial charge in [0.1, 0.15) is 6.61 Å². The number of esters is 1. The van der Waals surface area contributed by atoms with Crippen LogP contribution in [0.4, 0.5) is 0 Å². The molecule has 3 N–H and O–H groups in total. The maximum absolute atomic E-state index is 12.7. The number of piperidine rings is 1. The SMILES string of the molecule is Cc1c([C@@H](O)CN2CCC(N)(C(=O)Cc3ccns3)CC2)ccc2c1COC2=O.Cl. The maximum Gasteiger partial charge on any atom is 0.338 e. The predicted molar refractivity (Wildman–Crippen MR) is 116 cm³/mol. The van der Waals surface area contributed by atoms with Crippen molar-refractivity contribution in [3.8, 4) is 0 Å². The number of ether oxygens (including phenoxy) is 1. The van der Waals surface area contributed by atoms with Gasteiger partial charge < -0.3 is 20.5 Å². The first-order valence-corrected chi connectivity index (χ1v) is 10.6. The number of β-amino-alcohol motifs (C(OH)–C–C–N with tert-alkyl or cyclic N) is 1. The number of rotatable bonds is 6. The Labute approximate surface area is 185 Å². The highest BCUT2D eigenvalue weighted by atomic mass is 35.5. The molecule has 0 spiro atoms. The van der Waals surface area contributed by atoms with Crippen LogP contribution in [-0.2, 0) is 22.6 Å². The normalized spacial score (nSPS) is 19.0. The Bertz CT molecular complexity index is 927. The molecule has 0 aliphatic carbocycles. The summed E-state index contributed by atoms with van der Waals surface area (Å²) in [5.74, 6) is -0.247. The number of nitrogens with two attached hydrogens (primary N) is 1. The van der Waals surface area contributed by atoms with Gasteiger partial charge in [0, 0.05) is 42.7 Å². The van der Waals surface area contributed by atoms with Crippen LogP contribution in [0.3, 0.4) is 0 Å². The van der Waals surface area contributed by atoms with Gasteiger partial charge in [0.2, 0.25) is 0 Å². The van der Waals surface area contributed by atoms with Crippen molar-refractivity contribution in [2.45, 2.75) is 44.4 Å². The third kappa shape index (κ3) is 4.43. The van der Waals surface area contributed by atoms with Crippen LogP contribution in [0.25, 0.3) is 0 Å². The molecule has 1 saturated heterocycles. The lowest BCUT2D eigenvalue weighted by Gasteiger charge is -2.39. The number of hydrogen-bond acceptors (Lipinski definition) is 8. The number of aliphatic hydroxyl groups excluding tert-OH is 1. The third-order valence-corrected chi connectivity index (χ3v) is 6.87. The summed E-state index contributed by atoms with van der Waals surface area (Å²) in [6.45, 7) is 3.97. The van der Waals surface area contributed by atoms with Crippen molar-refractivity contribution in [3.63, 3.8) is 0 Å². The Kier molecular flexibility index (Phi) is 6.94. The van der Waals surface area contributed by atoms with Crippen molar-refractivity contribution in [2.75, 3.05) is 19.6 Å². The van der Waals surface area contributed by atoms with Crippen LogP contribution in [0, 0.1) is 6.92 Å². The van der Waals surface area contributed by atoms with Crippen molar-refractivity contribution in [3.05, 3.63) is 51.5 Å². The molecular weight excluding hydrogens is 426 g/mol. The number of cyclic esters (lactones) is 1. The number of ketones is 1. The standard InChI is InChI=1S/C21H25N3O4S.ClH/c1-13-15(2-3-16-17(13)12-28-20(16)27)18(25)11-24-8-5-21(22,6-9-24)19(26)10-14-4-7-23-29-14;/h2-4,7,18,25H,5-6,8-12,22H2,1H3;1H/t18-;/m0./s1. The van der Waals surface area contributed by atoms with Crippen LogP contribution in [-0.4, -0.2) is 51.3 Å². The van der Waals surface area contributed by atoms with E-state index in [1.54, 1.807) is 18.3 Å². The first kappa shape index (κ1) is 22.8. The van der Waals surface area contributed by atoms with Crippen LogP contribution >= 0.6 is 23.9 Å². The second-order valence-corrected chi connectivity index (χ2v) is 8.85. The van der Waals surface area contributed by atoms with Crippen LogP contribution in [0.1, 0.15) is 50.9 Å². The molecule has 9 heteroatoms. The number of aliphatic hydroxyl groups is 1. The summed E-state index contributed by atoms with van der Waals surface area (Å²) >= 11 is 1.33. The van der Waals surface area contributed by atoms with Gasteiger partial charge >= 0.3 is 5.97 Å². The fourth-order valence-electron chi connectivity index (χ4n) is 4.15. The number of aromatic nitrogens is 1. The average molecular weight is 452 g/mol. The Morgan fingerprint density at radius 1 is 1.37 bits per heavy atom. The minimum Gasteiger partial charge on any atom is -0.457 e. The van der Waals surface area contributed by atoms with Gasteiger partial charge in [-0.05, 0) is 54.6 Å². The molecule has 2 aliphatic rings. The van der Waals surface area contributed by atoms with Crippen LogP contribution in [0.15, 0.2) is 24.4 Å². The van der Waals surface area contributed by atoms with Crippen molar-refractivity contribution in [1.29, 1.82) is 0 Å². The minimum atomic E-state index is -0.813. The number of carbonyl (C=O) groups is 2. The largest absolute Gasteiger partial charge is 0.457 e. The molecule has 1 aromatic carbocycles. The quantitative estimate of drug-likeness (QED) is 0.648. The molecule has 0 radical (unpaired) electrons. The first-order valence-electron chi connectivity index (χ1n) is 9.79. The first-order chi connectivity index (χ1) is 13.9. The third-order valence-electron chi connectivity index (χ3n) is 6.13. The number of fused-ring (bicyclic) bond motifs is 1. The lowest BCUT2D eigenvalue weighted by atomic mass is 9.83. The van der Waals surface area contributed by atoms with Gasteiger partial charge in [0.25, 0.3) is 0 Å². The summed E-state index contributed by atoms with van der Waals surface area (Å²) < 4.78 is 9.13. The summed E-state index contributed by atoms with van der Waals surface area (Å²) in [5.41, 5.74) is 8.78. The molecule has 1 aromatic heterocycles. The smallest absolute Gasteiger partial charge is 0.338 e. The summed E-state index contributed by atoms with van der Waals surface area (Å²) in [4.78, 5) is 27.4. The summed E-state index contributed by atoms with van der Waals surface area (Å²) in [5, 5.41) is 10.8. The van der Waals surface area contributed by atoms with E-state index in [4.69, 9.17) is 10.5 Å². The Morgan fingerprint density at radius 3 is 2.77 bits per heavy atom. The van der Waals surface area contributed by atoms with Gasteiger partial charge in [-0.3, -0.25) is 4.79 Å². The van der Waals surface area contributed by atoms with E-state index in [0.29, 0.717) is 44.5 Å². The summed E-state index contributed by atoms with van der Waals surface area (Å²) in [6.07, 6.45) is 2.50. The molecule has 2 aromatic rings. The molecule has 1 fully saturated rings. The molecule has 0 unspecified atom stereocenters. The molecule has 7 nitrogen and oxygen atoms in total. The van der Waals surface area contributed by atoms with Crippen LogP contribution < -0.4 is 5.73 Å². The van der Waals surface area contributed by atoms with Crippen LogP contribution in [0.2, 0.25) is 0 Å². The number of benzene rings is 1. The van der Waals surface area contributed by atoms with Gasteiger partial charge in [0.15, 0.2) is 5.78 Å². The predicted octanol–water partition coefficient (Wildman–Crippen LogP) is 2.18. The van der Waals surface area contributed by atoms with Crippen molar-refractivity contribution in [2.24, 2.45) is 5.73 Å². The highest BCUT2D eigenvalue weighted by Gasteiger charge is 2.38. The van der Waals surface area contributed by atoms with E-state index in [-0.39, 0.29) is 30.8 Å². The number of carbonyl (C=O) groups excluding carboxylic acids is 2. The zero-order valence-electron chi connectivity index (χ0n) is 16.8. The zero-order chi connectivity index (χ0) is 20.6. The van der Waals surface area contributed by atoms with Gasteiger partial charge in [-0.15, -0.1) is 12.4 Å². The molecule has 4 rings (SSSR count). The Balaban J connectivity index is 0.00000256. The van der Waals surface area contributed by atoms with Crippen molar-refractivity contribution >= 4 is 35.7 Å². The van der Waals surface area contributed by atoms with E-state index in [1.807, 2.05) is 13.0 Å². The number of halogens is 1. The Hall–Kier alpha value is -1.84. The lowest BCUT2D eigenvalue weighted by Crippen LogP contribution is -2.56. The molecule has 3 heterocycles. The van der Waals surface area contributed by atoms with E-state index in [0.717, 1.165) is 21.6 Å². The maximum atomic E-state index is 12.7. The number of Topliss-reactive ketones (excluding diaryl/α,β-unsaturated/α-hetero) is 1. The Morgan fingerprint density at radius 2 is 2.10 bits per heavy atom. The molecule has 0 amide bonds. The van der Waals surface area contributed by atoms with E-state index in [9.17, 15) is 14.7 Å². The zero-order valence-corrected chi connectivity index (χ0v) is 18.4. The van der Waals surface area contributed by atoms with Gasteiger partial charge in [-0.25, -0.2) is 9.17 Å². The molecule has 0 bridgehead atoms. The molecule has 0 saturated carbocycles. The molecule has 1 atom stereocenters. The van der Waals surface area contributed by atoms with Gasteiger partial charge in [-0.2, -0.15) is 0 Å².